The Morgan fingerprint density at radius 3 is 2.02 bits per heavy atom. The van der Waals surface area contributed by atoms with Gasteiger partial charge in [0.05, 0.1) is 0 Å². The van der Waals surface area contributed by atoms with Crippen molar-refractivity contribution in [2.75, 3.05) is 6.54 Å². The minimum atomic E-state index is -0.471. The molecule has 0 saturated carbocycles. The van der Waals surface area contributed by atoms with Crippen LogP contribution in [0.2, 0.25) is 0 Å². The van der Waals surface area contributed by atoms with E-state index in [-0.39, 0.29) is 29.6 Å². The summed E-state index contributed by atoms with van der Waals surface area (Å²) >= 11 is 0. The van der Waals surface area contributed by atoms with Gasteiger partial charge < -0.3 is 15.2 Å². The molecular weight excluding hydrogens is 598 g/mol. The molecule has 1 aromatic rings. The molecule has 1 amide bonds. The van der Waals surface area contributed by atoms with Crippen LogP contribution in [0.3, 0.4) is 0 Å². The standard InChI is InChI=1S/C42H59NO5/c1-5-6-7-8-9-10-11-12-13-14-15-16-17-18-19-20-21-22-23-26-39(45)43-31-24-25-36(44)29-27-33(2)28-30-37-34(3)35(4)38-32-48-42(47)40(38)41(37)46/h6-7,9-10,12-13,18-19,21-22,28,46H,5,8,11,14-17,20,23-27,29-32H2,1-4H3,(H,43,45)/b7-6-,10-9-,13-12-,19-18-,22-21-,33-28+. The van der Waals surface area contributed by atoms with Gasteiger partial charge in [-0.25, -0.2) is 4.79 Å². The van der Waals surface area contributed by atoms with E-state index in [2.05, 4.69) is 73.0 Å². The third kappa shape index (κ3) is 15.8. The Labute approximate surface area is 289 Å². The molecule has 1 aliphatic heterocycles. The van der Waals surface area contributed by atoms with E-state index in [1.807, 2.05) is 26.8 Å². The van der Waals surface area contributed by atoms with Crippen molar-refractivity contribution in [2.24, 2.45) is 0 Å². The van der Waals surface area contributed by atoms with Crippen LogP contribution in [-0.4, -0.2) is 29.3 Å². The normalized spacial score (nSPS) is 13.6. The van der Waals surface area contributed by atoms with Crippen molar-refractivity contribution < 1.29 is 24.2 Å². The second-order valence-corrected chi connectivity index (χ2v) is 12.5. The number of esters is 1. The Morgan fingerprint density at radius 2 is 1.38 bits per heavy atom. The van der Waals surface area contributed by atoms with Crippen molar-refractivity contribution in [2.45, 2.75) is 131 Å². The largest absolute Gasteiger partial charge is 0.507 e. The van der Waals surface area contributed by atoms with Crippen LogP contribution in [-0.2, 0) is 27.4 Å². The van der Waals surface area contributed by atoms with E-state index >= 15 is 0 Å². The Morgan fingerprint density at radius 1 is 0.771 bits per heavy atom. The molecule has 0 saturated heterocycles. The molecule has 0 radical (unpaired) electrons. The first-order valence-electron chi connectivity index (χ1n) is 18.0. The number of amides is 1. The molecular formula is C42H59NO5. The van der Waals surface area contributed by atoms with Crippen LogP contribution in [0.4, 0.5) is 0 Å². The van der Waals surface area contributed by atoms with Gasteiger partial charge in [-0.3, -0.25) is 9.59 Å². The molecule has 0 unspecified atom stereocenters. The number of Topliss-reactive ketones (excluding diaryl/α,β-unsaturated/α-hetero) is 1. The predicted molar refractivity (Wildman–Crippen MR) is 198 cm³/mol. The molecule has 6 heteroatoms. The third-order valence-electron chi connectivity index (χ3n) is 8.67. The van der Waals surface area contributed by atoms with Crippen molar-refractivity contribution in [1.29, 1.82) is 0 Å². The molecule has 0 aliphatic carbocycles. The summed E-state index contributed by atoms with van der Waals surface area (Å²) in [4.78, 5) is 36.6. The number of allylic oxidation sites excluding steroid dienone is 12. The predicted octanol–water partition coefficient (Wildman–Crippen LogP) is 10.1. The lowest BCUT2D eigenvalue weighted by atomic mass is 9.91. The summed E-state index contributed by atoms with van der Waals surface area (Å²) in [6, 6.07) is 0. The van der Waals surface area contributed by atoms with Gasteiger partial charge in [-0.1, -0.05) is 79.3 Å². The average molecular weight is 658 g/mol. The molecule has 0 fully saturated rings. The summed E-state index contributed by atoms with van der Waals surface area (Å²) in [5.41, 5.74) is 4.80. The second-order valence-electron chi connectivity index (χ2n) is 12.5. The van der Waals surface area contributed by atoms with Crippen LogP contribution >= 0.6 is 0 Å². The van der Waals surface area contributed by atoms with Crippen LogP contribution in [0.15, 0.2) is 72.4 Å². The maximum Gasteiger partial charge on any atom is 0.342 e. The molecule has 0 spiro atoms. The maximum atomic E-state index is 12.4. The van der Waals surface area contributed by atoms with Crippen LogP contribution in [0.5, 0.6) is 5.75 Å². The summed E-state index contributed by atoms with van der Waals surface area (Å²) < 4.78 is 5.12. The van der Waals surface area contributed by atoms with Gasteiger partial charge in [-0.05, 0) is 109 Å². The van der Waals surface area contributed by atoms with Crippen LogP contribution in [0.1, 0.15) is 136 Å². The number of carbonyl (C=O) groups is 3. The first kappa shape index (κ1) is 40.2. The van der Waals surface area contributed by atoms with Crippen LogP contribution in [0.25, 0.3) is 0 Å². The lowest BCUT2D eigenvalue weighted by Crippen LogP contribution is -2.24. The Hall–Kier alpha value is -3.93. The molecule has 0 bridgehead atoms. The molecule has 2 rings (SSSR count). The number of nitrogens with one attached hydrogen (secondary N) is 1. The molecule has 48 heavy (non-hydrogen) atoms. The zero-order valence-electron chi connectivity index (χ0n) is 30.0. The fourth-order valence-electron chi connectivity index (χ4n) is 5.49. The number of phenols is 1. The molecule has 0 aromatic heterocycles. The molecule has 2 N–H and O–H groups in total. The third-order valence-corrected chi connectivity index (χ3v) is 8.67. The number of rotatable bonds is 24. The van der Waals surface area contributed by atoms with E-state index in [0.29, 0.717) is 51.5 Å². The maximum absolute atomic E-state index is 12.4. The molecule has 262 valence electrons. The highest BCUT2D eigenvalue weighted by atomic mass is 16.5. The van der Waals surface area contributed by atoms with Gasteiger partial charge in [0.15, 0.2) is 0 Å². The minimum Gasteiger partial charge on any atom is -0.507 e. The van der Waals surface area contributed by atoms with Crippen LogP contribution in [0, 0.1) is 13.8 Å². The number of hydrogen-bond donors (Lipinski definition) is 2. The van der Waals surface area contributed by atoms with Crippen molar-refractivity contribution in [3.8, 4) is 5.75 Å². The van der Waals surface area contributed by atoms with E-state index in [4.69, 9.17) is 4.74 Å². The summed E-state index contributed by atoms with van der Waals surface area (Å²) in [6.07, 6.45) is 36.6. The highest BCUT2D eigenvalue weighted by Gasteiger charge is 2.30. The number of benzene rings is 1. The van der Waals surface area contributed by atoms with Crippen molar-refractivity contribution in [1.82, 2.24) is 5.32 Å². The number of phenolic OH excluding ortho intramolecular Hbond substituents is 1. The van der Waals surface area contributed by atoms with E-state index in [1.165, 1.54) is 12.8 Å². The number of cyclic esters (lactones) is 1. The zero-order chi connectivity index (χ0) is 35.0. The van der Waals surface area contributed by atoms with E-state index < -0.39 is 5.97 Å². The van der Waals surface area contributed by atoms with Gasteiger partial charge in [0, 0.05) is 36.9 Å². The first-order valence-corrected chi connectivity index (χ1v) is 18.0. The lowest BCUT2D eigenvalue weighted by molar-refractivity contribution is -0.122. The Kier molecular flexibility index (Phi) is 20.3. The second kappa shape index (κ2) is 24.2. The van der Waals surface area contributed by atoms with Crippen molar-refractivity contribution >= 4 is 17.7 Å². The summed E-state index contributed by atoms with van der Waals surface area (Å²) in [6.45, 7) is 8.75. The summed E-state index contributed by atoms with van der Waals surface area (Å²) in [5, 5.41) is 13.6. The number of carbonyl (C=O) groups excluding carboxylic acids is 3. The molecule has 1 aromatic carbocycles. The average Bonchev–Trinajstić information content (AvgIpc) is 3.47. The van der Waals surface area contributed by atoms with Crippen molar-refractivity contribution in [3.05, 3.63) is 100 Å². The van der Waals surface area contributed by atoms with Gasteiger partial charge in [-0.2, -0.15) is 0 Å². The van der Waals surface area contributed by atoms with E-state index in [9.17, 15) is 19.5 Å². The molecule has 6 nitrogen and oxygen atoms in total. The SMILES string of the molecule is CC/C=C\C/C=C\C/C=C\CCCC/C=C\C/C=C\CCC(=O)NCCCC(=O)CC/C(C)=C/Cc1c(C)c(C)c2c(c1O)C(=O)OC2. The quantitative estimate of drug-likeness (QED) is 0.0656. The highest BCUT2D eigenvalue weighted by molar-refractivity contribution is 5.97. The first-order chi connectivity index (χ1) is 23.3. The molecule has 0 atom stereocenters. The van der Waals surface area contributed by atoms with Crippen molar-refractivity contribution in [3.63, 3.8) is 0 Å². The van der Waals surface area contributed by atoms with E-state index in [1.54, 1.807) is 0 Å². The fraction of sp³-hybridized carbons (Fsp3) is 0.500. The number of ether oxygens (including phenoxy) is 1. The molecule has 1 heterocycles. The number of unbranched alkanes of at least 4 members (excludes halogenated alkanes) is 3. The number of aromatic hydroxyl groups is 1. The van der Waals surface area contributed by atoms with Gasteiger partial charge in [0.25, 0.3) is 0 Å². The fourth-order valence-corrected chi connectivity index (χ4v) is 5.49. The topological polar surface area (TPSA) is 92.7 Å². The van der Waals surface area contributed by atoms with Crippen LogP contribution < -0.4 is 5.32 Å². The lowest BCUT2D eigenvalue weighted by Gasteiger charge is -2.14. The Balaban J connectivity index is 1.48. The number of ketones is 1. The smallest absolute Gasteiger partial charge is 0.342 e. The minimum absolute atomic E-state index is 0.0114. The monoisotopic (exact) mass is 657 g/mol. The zero-order valence-corrected chi connectivity index (χ0v) is 30.0. The van der Waals surface area contributed by atoms with Gasteiger partial charge in [0.1, 0.15) is 23.7 Å². The van der Waals surface area contributed by atoms with Gasteiger partial charge in [-0.15, -0.1) is 0 Å². The number of fused-ring (bicyclic) bond motifs is 1. The summed E-state index contributed by atoms with van der Waals surface area (Å²) in [5.74, 6) is -0.267. The van der Waals surface area contributed by atoms with Gasteiger partial charge >= 0.3 is 5.97 Å². The highest BCUT2D eigenvalue weighted by Crippen LogP contribution is 2.37. The number of hydrogen-bond acceptors (Lipinski definition) is 5. The van der Waals surface area contributed by atoms with Gasteiger partial charge in [0.2, 0.25) is 5.91 Å². The van der Waals surface area contributed by atoms with E-state index in [0.717, 1.165) is 66.4 Å². The Bertz CT molecular complexity index is 1360. The summed E-state index contributed by atoms with van der Waals surface area (Å²) in [7, 11) is 0. The molecule has 1 aliphatic rings.